The molecule has 0 aromatic heterocycles. The third-order valence-corrected chi connectivity index (χ3v) is 6.25. The van der Waals surface area contributed by atoms with Gasteiger partial charge in [-0.25, -0.2) is 0 Å². The van der Waals surface area contributed by atoms with Crippen molar-refractivity contribution in [2.45, 2.75) is 46.0 Å². The van der Waals surface area contributed by atoms with Gasteiger partial charge in [-0.15, -0.1) is 0 Å². The van der Waals surface area contributed by atoms with Crippen molar-refractivity contribution in [1.82, 2.24) is 4.90 Å². The molecule has 0 saturated carbocycles. The van der Waals surface area contributed by atoms with E-state index < -0.39 is 0 Å². The number of carbonyl (C=O) groups is 3. The molecule has 6 heteroatoms. The van der Waals surface area contributed by atoms with E-state index in [9.17, 15) is 14.4 Å². The summed E-state index contributed by atoms with van der Waals surface area (Å²) in [5.41, 5.74) is 4.16. The van der Waals surface area contributed by atoms with E-state index in [4.69, 9.17) is 0 Å². The topological polar surface area (TPSA) is 78.5 Å². The van der Waals surface area contributed by atoms with Crippen LogP contribution in [0.4, 0.5) is 11.4 Å². The van der Waals surface area contributed by atoms with E-state index in [-0.39, 0.29) is 17.7 Å². The van der Waals surface area contributed by atoms with Crippen molar-refractivity contribution in [3.8, 4) is 0 Å². The minimum atomic E-state index is -0.0939. The Morgan fingerprint density at radius 2 is 1.84 bits per heavy atom. The number of carbonyl (C=O) groups excluding carboxylic acids is 3. The smallest absolute Gasteiger partial charge is 0.255 e. The second-order valence-electron chi connectivity index (χ2n) is 9.32. The molecule has 2 unspecified atom stereocenters. The lowest BCUT2D eigenvalue weighted by molar-refractivity contribution is -0.116. The zero-order valence-electron chi connectivity index (χ0n) is 18.8. The number of anilines is 2. The molecule has 2 N–H and O–H groups in total. The van der Waals surface area contributed by atoms with Crippen LogP contribution in [-0.2, 0) is 22.4 Å². The second-order valence-corrected chi connectivity index (χ2v) is 9.32. The van der Waals surface area contributed by atoms with Crippen molar-refractivity contribution in [2.75, 3.05) is 23.7 Å². The van der Waals surface area contributed by atoms with Gasteiger partial charge in [0.15, 0.2) is 0 Å². The van der Waals surface area contributed by atoms with Crippen LogP contribution in [-0.4, -0.2) is 35.7 Å². The molecule has 32 heavy (non-hydrogen) atoms. The van der Waals surface area contributed by atoms with Crippen molar-refractivity contribution in [3.05, 3.63) is 59.2 Å². The summed E-state index contributed by atoms with van der Waals surface area (Å²) in [7, 11) is 0. The molecule has 0 radical (unpaired) electrons. The van der Waals surface area contributed by atoms with E-state index in [1.807, 2.05) is 35.2 Å². The van der Waals surface area contributed by atoms with Crippen LogP contribution in [0, 0.1) is 11.8 Å². The Bertz CT molecular complexity index is 1020. The predicted octanol–water partition coefficient (Wildman–Crippen LogP) is 4.26. The number of amides is 3. The third kappa shape index (κ3) is 5.18. The van der Waals surface area contributed by atoms with Gasteiger partial charge < -0.3 is 15.5 Å². The van der Waals surface area contributed by atoms with Gasteiger partial charge in [0, 0.05) is 25.2 Å². The van der Waals surface area contributed by atoms with Crippen molar-refractivity contribution >= 4 is 29.1 Å². The van der Waals surface area contributed by atoms with Gasteiger partial charge >= 0.3 is 0 Å². The van der Waals surface area contributed by atoms with Crippen LogP contribution in [0.1, 0.15) is 54.6 Å². The van der Waals surface area contributed by atoms with Crippen LogP contribution in [0.15, 0.2) is 42.5 Å². The quantitative estimate of drug-likeness (QED) is 0.714. The molecule has 6 nitrogen and oxygen atoms in total. The number of likely N-dealkylation sites (tertiary alicyclic amines) is 1. The molecule has 0 aliphatic carbocycles. The number of para-hydroxylation sites is 1. The Balaban J connectivity index is 1.33. The molecule has 0 spiro atoms. The molecule has 0 bridgehead atoms. The summed E-state index contributed by atoms with van der Waals surface area (Å²) in [6.45, 7) is 5.87. The van der Waals surface area contributed by atoms with Gasteiger partial charge in [0.25, 0.3) is 5.91 Å². The molecule has 2 aromatic carbocycles. The van der Waals surface area contributed by atoms with Crippen LogP contribution in [0.25, 0.3) is 0 Å². The van der Waals surface area contributed by atoms with Crippen LogP contribution in [0.2, 0.25) is 0 Å². The summed E-state index contributed by atoms with van der Waals surface area (Å²) in [5.74, 6) is 0.887. The standard InChI is InChI=1S/C26H31N3O3/c1-17-12-18(2)16-29(15-17)26(32)21-7-3-4-8-23(21)28-24(30)9-5-6-19-10-11-22-20(13-19)14-25(31)27-22/h3-4,7-8,10-11,13,17-18H,5-6,9,12,14-16H2,1-2H3,(H,27,31)(H,28,30). The Labute approximate surface area is 189 Å². The number of hydrogen-bond donors (Lipinski definition) is 2. The van der Waals surface area contributed by atoms with E-state index in [1.54, 1.807) is 12.1 Å². The Morgan fingerprint density at radius 1 is 1.09 bits per heavy atom. The van der Waals surface area contributed by atoms with Crippen molar-refractivity contribution in [3.63, 3.8) is 0 Å². The molecular formula is C26H31N3O3. The number of benzene rings is 2. The first-order valence-electron chi connectivity index (χ1n) is 11.5. The molecule has 3 amide bonds. The zero-order chi connectivity index (χ0) is 22.7. The van der Waals surface area contributed by atoms with Crippen LogP contribution >= 0.6 is 0 Å². The van der Waals surface area contributed by atoms with Crippen molar-refractivity contribution in [2.24, 2.45) is 11.8 Å². The van der Waals surface area contributed by atoms with Gasteiger partial charge in [-0.1, -0.05) is 38.1 Å². The molecule has 2 heterocycles. The van der Waals surface area contributed by atoms with Crippen molar-refractivity contribution in [1.29, 1.82) is 0 Å². The van der Waals surface area contributed by atoms with Gasteiger partial charge in [0.2, 0.25) is 11.8 Å². The lowest BCUT2D eigenvalue weighted by atomic mass is 9.91. The van der Waals surface area contributed by atoms with Crippen LogP contribution in [0.3, 0.4) is 0 Å². The van der Waals surface area contributed by atoms with E-state index in [1.165, 1.54) is 0 Å². The molecule has 2 aliphatic heterocycles. The summed E-state index contributed by atoms with van der Waals surface area (Å²) >= 11 is 0. The largest absolute Gasteiger partial charge is 0.338 e. The first-order chi connectivity index (χ1) is 15.4. The summed E-state index contributed by atoms with van der Waals surface area (Å²) in [5, 5.41) is 5.78. The molecule has 1 saturated heterocycles. The average molecular weight is 434 g/mol. The Hall–Kier alpha value is -3.15. The monoisotopic (exact) mass is 433 g/mol. The molecule has 4 rings (SSSR count). The number of nitrogens with one attached hydrogen (secondary N) is 2. The highest BCUT2D eigenvalue weighted by Crippen LogP contribution is 2.26. The molecule has 2 atom stereocenters. The fourth-order valence-electron chi connectivity index (χ4n) is 4.88. The van der Waals surface area contributed by atoms with Crippen molar-refractivity contribution < 1.29 is 14.4 Å². The normalized spacial score (nSPS) is 19.9. The Morgan fingerprint density at radius 3 is 2.62 bits per heavy atom. The van der Waals surface area contributed by atoms with Crippen LogP contribution < -0.4 is 10.6 Å². The summed E-state index contributed by atoms with van der Waals surface area (Å²) in [4.78, 5) is 39.2. The lowest BCUT2D eigenvalue weighted by Gasteiger charge is -2.35. The van der Waals surface area contributed by atoms with Gasteiger partial charge in [0.1, 0.15) is 0 Å². The maximum atomic E-state index is 13.2. The number of rotatable bonds is 6. The van der Waals surface area contributed by atoms with Gasteiger partial charge in [-0.05, 0) is 60.4 Å². The number of piperidine rings is 1. The highest BCUT2D eigenvalue weighted by molar-refractivity contribution is 6.03. The SMILES string of the molecule is CC1CC(C)CN(C(=O)c2ccccc2NC(=O)CCCc2ccc3c(c2)CC(=O)N3)C1. The fraction of sp³-hybridized carbons (Fsp3) is 0.423. The predicted molar refractivity (Wildman–Crippen MR) is 126 cm³/mol. The Kier molecular flexibility index (Phi) is 6.58. The molecule has 2 aliphatic rings. The maximum absolute atomic E-state index is 13.2. The fourth-order valence-corrected chi connectivity index (χ4v) is 4.88. The maximum Gasteiger partial charge on any atom is 0.255 e. The molecule has 168 valence electrons. The average Bonchev–Trinajstić information content (AvgIpc) is 3.12. The molecular weight excluding hydrogens is 402 g/mol. The minimum Gasteiger partial charge on any atom is -0.338 e. The number of hydrogen-bond acceptors (Lipinski definition) is 3. The van der Waals surface area contributed by atoms with E-state index in [2.05, 4.69) is 24.5 Å². The first-order valence-corrected chi connectivity index (χ1v) is 11.5. The van der Waals surface area contributed by atoms with E-state index in [0.29, 0.717) is 42.3 Å². The summed E-state index contributed by atoms with van der Waals surface area (Å²) < 4.78 is 0. The van der Waals surface area contributed by atoms with Crippen LogP contribution in [0.5, 0.6) is 0 Å². The summed E-state index contributed by atoms with van der Waals surface area (Å²) in [6.07, 6.45) is 3.39. The zero-order valence-corrected chi connectivity index (χ0v) is 18.8. The molecule has 2 aromatic rings. The van der Waals surface area contributed by atoms with E-state index in [0.717, 1.165) is 42.7 Å². The van der Waals surface area contributed by atoms with E-state index >= 15 is 0 Å². The number of aryl methyl sites for hydroxylation is 1. The summed E-state index contributed by atoms with van der Waals surface area (Å²) in [6, 6.07) is 13.2. The number of nitrogens with zero attached hydrogens (tertiary/aromatic N) is 1. The van der Waals surface area contributed by atoms with Gasteiger partial charge in [0.05, 0.1) is 17.7 Å². The third-order valence-electron chi connectivity index (χ3n) is 6.25. The van der Waals surface area contributed by atoms with Gasteiger partial charge in [-0.3, -0.25) is 14.4 Å². The number of fused-ring (bicyclic) bond motifs is 1. The lowest BCUT2D eigenvalue weighted by Crippen LogP contribution is -2.42. The molecule has 1 fully saturated rings. The van der Waals surface area contributed by atoms with Gasteiger partial charge in [-0.2, -0.15) is 0 Å². The first kappa shape index (κ1) is 22.1. The second kappa shape index (κ2) is 9.55. The highest BCUT2D eigenvalue weighted by Gasteiger charge is 2.27. The minimum absolute atomic E-state index is 0.0133. The highest BCUT2D eigenvalue weighted by atomic mass is 16.2.